The standard InChI is InChI=1S/C15H11ClFNO4S/c16-12-2-1-3-13(15(12)17)18-23(21,22)11-7-4-10(5-8-11)6-9-14(19)20/h1-9,18H,(H,19,20). The van der Waals surface area contributed by atoms with Gasteiger partial charge in [-0.3, -0.25) is 4.72 Å². The van der Waals surface area contributed by atoms with Crippen molar-refractivity contribution in [2.45, 2.75) is 4.90 Å². The Bertz CT molecular complexity index is 864. The largest absolute Gasteiger partial charge is 0.478 e. The van der Waals surface area contributed by atoms with Gasteiger partial charge < -0.3 is 5.11 Å². The molecule has 0 spiro atoms. The molecular formula is C15H11ClFNO4S. The smallest absolute Gasteiger partial charge is 0.328 e. The van der Waals surface area contributed by atoms with Gasteiger partial charge in [-0.25, -0.2) is 17.6 Å². The third kappa shape index (κ3) is 4.30. The summed E-state index contributed by atoms with van der Waals surface area (Å²) in [6, 6.07) is 9.41. The molecule has 2 N–H and O–H groups in total. The Hall–Kier alpha value is -2.38. The highest BCUT2D eigenvalue weighted by Gasteiger charge is 2.17. The first-order valence-electron chi connectivity index (χ1n) is 6.27. The van der Waals surface area contributed by atoms with Crippen LogP contribution in [0.15, 0.2) is 53.4 Å². The minimum atomic E-state index is -3.99. The number of hydrogen-bond acceptors (Lipinski definition) is 3. The van der Waals surface area contributed by atoms with Gasteiger partial charge in [0.1, 0.15) is 0 Å². The van der Waals surface area contributed by atoms with E-state index in [-0.39, 0.29) is 15.6 Å². The maximum atomic E-state index is 13.8. The second-order valence-electron chi connectivity index (χ2n) is 4.45. The Kier molecular flexibility index (Phi) is 5.02. The van der Waals surface area contributed by atoms with Gasteiger partial charge in [-0.2, -0.15) is 0 Å². The van der Waals surface area contributed by atoms with Crippen LogP contribution in [0.1, 0.15) is 5.56 Å². The molecule has 0 saturated heterocycles. The summed E-state index contributed by atoms with van der Waals surface area (Å²) in [7, 11) is -3.99. The summed E-state index contributed by atoms with van der Waals surface area (Å²) in [4.78, 5) is 10.3. The van der Waals surface area contributed by atoms with Crippen molar-refractivity contribution >= 4 is 39.4 Å². The van der Waals surface area contributed by atoms with Crippen molar-refractivity contribution in [2.75, 3.05) is 4.72 Å². The van der Waals surface area contributed by atoms with Crippen molar-refractivity contribution in [1.29, 1.82) is 0 Å². The molecule has 0 heterocycles. The molecule has 0 fully saturated rings. The van der Waals surface area contributed by atoms with Crippen molar-refractivity contribution in [1.82, 2.24) is 0 Å². The summed E-state index contributed by atoms with van der Waals surface area (Å²) in [5, 5.41) is 8.34. The van der Waals surface area contributed by atoms with Gasteiger partial charge in [-0.15, -0.1) is 0 Å². The zero-order valence-electron chi connectivity index (χ0n) is 11.5. The molecule has 2 aromatic carbocycles. The van der Waals surface area contributed by atoms with E-state index in [1.165, 1.54) is 48.5 Å². The number of hydrogen-bond donors (Lipinski definition) is 2. The van der Waals surface area contributed by atoms with Gasteiger partial charge in [0, 0.05) is 6.08 Å². The highest BCUT2D eigenvalue weighted by molar-refractivity contribution is 7.92. The summed E-state index contributed by atoms with van der Waals surface area (Å²) in [5.41, 5.74) is 0.257. The zero-order chi connectivity index (χ0) is 17.0. The molecule has 0 aliphatic rings. The molecule has 0 saturated carbocycles. The number of carboxylic acid groups (broad SMARTS) is 1. The summed E-state index contributed by atoms with van der Waals surface area (Å²) < 4.78 is 40.3. The molecule has 0 aromatic heterocycles. The first-order chi connectivity index (χ1) is 10.8. The van der Waals surface area contributed by atoms with Crippen LogP contribution >= 0.6 is 11.6 Å². The van der Waals surface area contributed by atoms with E-state index >= 15 is 0 Å². The van der Waals surface area contributed by atoms with Crippen LogP contribution in [0.4, 0.5) is 10.1 Å². The summed E-state index contributed by atoms with van der Waals surface area (Å²) in [6.07, 6.45) is 2.26. The Morgan fingerprint density at radius 2 is 1.83 bits per heavy atom. The van der Waals surface area contributed by atoms with E-state index < -0.39 is 21.8 Å². The minimum Gasteiger partial charge on any atom is -0.478 e. The third-order valence-electron chi connectivity index (χ3n) is 2.80. The number of halogens is 2. The number of nitrogens with one attached hydrogen (secondary N) is 1. The van der Waals surface area contributed by atoms with Crippen molar-refractivity contribution in [3.05, 3.63) is 64.9 Å². The average molecular weight is 356 g/mol. The van der Waals surface area contributed by atoms with E-state index in [1.54, 1.807) is 0 Å². The molecular weight excluding hydrogens is 345 g/mol. The fraction of sp³-hybridized carbons (Fsp3) is 0. The average Bonchev–Trinajstić information content (AvgIpc) is 2.50. The van der Waals surface area contributed by atoms with Crippen molar-refractivity contribution in [3.8, 4) is 0 Å². The number of aliphatic carboxylic acids is 1. The normalized spacial score (nSPS) is 11.6. The predicted molar refractivity (Wildman–Crippen MR) is 85.3 cm³/mol. The zero-order valence-corrected chi connectivity index (χ0v) is 13.1. The Morgan fingerprint density at radius 3 is 2.43 bits per heavy atom. The Morgan fingerprint density at radius 1 is 1.17 bits per heavy atom. The van der Waals surface area contributed by atoms with E-state index in [4.69, 9.17) is 16.7 Å². The van der Waals surface area contributed by atoms with Crippen LogP contribution in [-0.4, -0.2) is 19.5 Å². The van der Waals surface area contributed by atoms with Gasteiger partial charge >= 0.3 is 5.97 Å². The molecule has 5 nitrogen and oxygen atoms in total. The summed E-state index contributed by atoms with van der Waals surface area (Å²) in [5.74, 6) is -1.97. The van der Waals surface area contributed by atoms with E-state index in [0.29, 0.717) is 5.56 Å². The van der Waals surface area contributed by atoms with Crippen molar-refractivity contribution in [3.63, 3.8) is 0 Å². The minimum absolute atomic E-state index is 0.0932. The van der Waals surface area contributed by atoms with Crippen molar-refractivity contribution < 1.29 is 22.7 Å². The lowest BCUT2D eigenvalue weighted by molar-refractivity contribution is -0.131. The number of carboxylic acids is 1. The molecule has 0 unspecified atom stereocenters. The van der Waals surface area contributed by atoms with E-state index in [1.807, 2.05) is 0 Å². The van der Waals surface area contributed by atoms with Crippen LogP contribution in [0, 0.1) is 5.82 Å². The summed E-state index contributed by atoms with van der Waals surface area (Å²) in [6.45, 7) is 0. The molecule has 120 valence electrons. The lowest BCUT2D eigenvalue weighted by Gasteiger charge is -2.09. The fourth-order valence-corrected chi connectivity index (χ4v) is 2.95. The van der Waals surface area contributed by atoms with E-state index in [0.717, 1.165) is 6.08 Å². The third-order valence-corrected chi connectivity index (χ3v) is 4.48. The second kappa shape index (κ2) is 6.80. The van der Waals surface area contributed by atoms with Gasteiger partial charge in [-0.1, -0.05) is 29.8 Å². The molecule has 0 radical (unpaired) electrons. The molecule has 2 rings (SSSR count). The molecule has 0 atom stereocenters. The van der Waals surface area contributed by atoms with E-state index in [2.05, 4.69) is 4.72 Å². The van der Waals surface area contributed by atoms with Gasteiger partial charge in [0.25, 0.3) is 10.0 Å². The van der Waals surface area contributed by atoms with Crippen LogP contribution in [-0.2, 0) is 14.8 Å². The number of rotatable bonds is 5. The van der Waals surface area contributed by atoms with Crippen LogP contribution < -0.4 is 4.72 Å². The van der Waals surface area contributed by atoms with E-state index in [9.17, 15) is 17.6 Å². The van der Waals surface area contributed by atoms with Crippen LogP contribution in [0.5, 0.6) is 0 Å². The van der Waals surface area contributed by atoms with Gasteiger partial charge in [0.15, 0.2) is 5.82 Å². The topological polar surface area (TPSA) is 83.5 Å². The molecule has 23 heavy (non-hydrogen) atoms. The Balaban J connectivity index is 2.26. The van der Waals surface area contributed by atoms with Crippen LogP contribution in [0.2, 0.25) is 5.02 Å². The fourth-order valence-electron chi connectivity index (χ4n) is 1.71. The predicted octanol–water partition coefficient (Wildman–Crippen LogP) is 3.38. The highest BCUT2D eigenvalue weighted by Crippen LogP contribution is 2.24. The monoisotopic (exact) mass is 355 g/mol. The molecule has 0 bridgehead atoms. The van der Waals surface area contributed by atoms with Crippen LogP contribution in [0.3, 0.4) is 0 Å². The number of carbonyl (C=O) groups is 1. The SMILES string of the molecule is O=C(O)C=Cc1ccc(S(=O)(=O)Nc2cccc(Cl)c2F)cc1. The number of benzene rings is 2. The molecule has 0 amide bonds. The lowest BCUT2D eigenvalue weighted by atomic mass is 10.2. The second-order valence-corrected chi connectivity index (χ2v) is 6.54. The highest BCUT2D eigenvalue weighted by atomic mass is 35.5. The maximum absolute atomic E-state index is 13.8. The molecule has 8 heteroatoms. The van der Waals surface area contributed by atoms with Gasteiger partial charge in [0.05, 0.1) is 15.6 Å². The summed E-state index contributed by atoms with van der Waals surface area (Å²) >= 11 is 5.60. The number of sulfonamides is 1. The number of anilines is 1. The lowest BCUT2D eigenvalue weighted by Crippen LogP contribution is -2.14. The Labute approximate surface area is 137 Å². The van der Waals surface area contributed by atoms with Crippen LogP contribution in [0.25, 0.3) is 6.08 Å². The first-order valence-corrected chi connectivity index (χ1v) is 8.13. The van der Waals surface area contributed by atoms with Gasteiger partial charge in [0.2, 0.25) is 0 Å². The molecule has 0 aliphatic heterocycles. The van der Waals surface area contributed by atoms with Gasteiger partial charge in [-0.05, 0) is 35.9 Å². The molecule has 2 aromatic rings. The quantitative estimate of drug-likeness (QED) is 0.805. The van der Waals surface area contributed by atoms with Crippen molar-refractivity contribution in [2.24, 2.45) is 0 Å². The molecule has 0 aliphatic carbocycles. The first kappa shape index (κ1) is 17.0. The maximum Gasteiger partial charge on any atom is 0.328 e.